The predicted molar refractivity (Wildman–Crippen MR) is 77.9 cm³/mol. The first-order valence-corrected chi connectivity index (χ1v) is 6.59. The van der Waals surface area contributed by atoms with Crippen molar-refractivity contribution in [2.75, 3.05) is 26.3 Å². The third-order valence-electron chi connectivity index (χ3n) is 3.44. The van der Waals surface area contributed by atoms with Crippen LogP contribution in [0, 0.1) is 0 Å². The summed E-state index contributed by atoms with van der Waals surface area (Å²) in [5.41, 5.74) is 7.05. The average Bonchev–Trinajstić information content (AvgIpc) is 2.80. The Morgan fingerprint density at radius 1 is 1.27 bits per heavy atom. The third-order valence-corrected chi connectivity index (χ3v) is 3.44. The molecule has 0 radical (unpaired) electrons. The summed E-state index contributed by atoms with van der Waals surface area (Å²) >= 11 is 0. The lowest BCUT2D eigenvalue weighted by Gasteiger charge is -2.17. The zero-order valence-corrected chi connectivity index (χ0v) is 12.6. The molecule has 2 N–H and O–H groups in total. The molecule has 1 saturated heterocycles. The monoisotopic (exact) mass is 338 g/mol. The zero-order chi connectivity index (χ0) is 15.5. The minimum atomic E-state index is -4.42. The second-order valence-corrected chi connectivity index (χ2v) is 5.09. The third kappa shape index (κ3) is 5.15. The molecule has 1 aromatic carbocycles. The molecule has 0 saturated carbocycles. The van der Waals surface area contributed by atoms with Crippen molar-refractivity contribution in [3.8, 4) is 0 Å². The Morgan fingerprint density at radius 2 is 1.91 bits per heavy atom. The molecule has 22 heavy (non-hydrogen) atoms. The van der Waals surface area contributed by atoms with Gasteiger partial charge in [0.25, 0.3) is 0 Å². The van der Waals surface area contributed by atoms with Crippen molar-refractivity contribution in [1.82, 2.24) is 4.90 Å². The molecular weight excluding hydrogens is 321 g/mol. The Bertz CT molecular complexity index is 485. The molecule has 1 amide bonds. The SMILES string of the molecule is Cl.N[C@@H]1CN(C(=O)COCC(F)(F)F)C[C@H]1c1ccccc1. The second-order valence-electron chi connectivity index (χ2n) is 5.09. The van der Waals surface area contributed by atoms with Crippen LogP contribution >= 0.6 is 12.4 Å². The van der Waals surface area contributed by atoms with Gasteiger partial charge in [0.2, 0.25) is 5.91 Å². The van der Waals surface area contributed by atoms with Crippen LogP contribution in [-0.4, -0.2) is 49.3 Å². The Labute approximate surface area is 132 Å². The van der Waals surface area contributed by atoms with Gasteiger partial charge in [0.1, 0.15) is 13.2 Å². The number of alkyl halides is 3. The number of nitrogens with zero attached hydrogens (tertiary/aromatic N) is 1. The van der Waals surface area contributed by atoms with Gasteiger partial charge < -0.3 is 15.4 Å². The Balaban J connectivity index is 0.00000242. The van der Waals surface area contributed by atoms with E-state index in [0.717, 1.165) is 5.56 Å². The number of hydrogen-bond acceptors (Lipinski definition) is 3. The minimum Gasteiger partial charge on any atom is -0.362 e. The number of ether oxygens (including phenoxy) is 1. The number of hydrogen-bond donors (Lipinski definition) is 1. The standard InChI is InChI=1S/C14H17F3N2O2.ClH/c15-14(16,17)9-21-8-13(20)19-6-11(12(18)7-19)10-4-2-1-3-5-10;/h1-5,11-12H,6-9,18H2;1H/t11-,12+;/m0./s1. The summed E-state index contributed by atoms with van der Waals surface area (Å²) in [4.78, 5) is 13.3. The van der Waals surface area contributed by atoms with Crippen molar-refractivity contribution >= 4 is 18.3 Å². The number of likely N-dealkylation sites (tertiary alicyclic amines) is 1. The first-order chi connectivity index (χ1) is 9.87. The highest BCUT2D eigenvalue weighted by molar-refractivity contribution is 5.85. The van der Waals surface area contributed by atoms with E-state index in [2.05, 4.69) is 4.74 Å². The molecule has 1 aliphatic rings. The summed E-state index contributed by atoms with van der Waals surface area (Å²) in [7, 11) is 0. The lowest BCUT2D eigenvalue weighted by Crippen LogP contribution is -2.35. The Kier molecular flexibility index (Phi) is 6.65. The molecule has 0 aromatic heterocycles. The molecule has 124 valence electrons. The van der Waals surface area contributed by atoms with E-state index in [1.54, 1.807) is 0 Å². The number of amides is 1. The maximum atomic E-state index is 12.0. The molecule has 0 spiro atoms. The van der Waals surface area contributed by atoms with Gasteiger partial charge in [0.15, 0.2) is 0 Å². The van der Waals surface area contributed by atoms with Crippen molar-refractivity contribution in [2.24, 2.45) is 5.73 Å². The van der Waals surface area contributed by atoms with Crippen molar-refractivity contribution in [1.29, 1.82) is 0 Å². The minimum absolute atomic E-state index is 0. The average molecular weight is 339 g/mol. The van der Waals surface area contributed by atoms with Crippen molar-refractivity contribution in [2.45, 2.75) is 18.1 Å². The lowest BCUT2D eigenvalue weighted by molar-refractivity contribution is -0.177. The predicted octanol–water partition coefficient (Wildman–Crippen LogP) is 1.94. The molecular formula is C14H18ClF3N2O2. The van der Waals surface area contributed by atoms with Gasteiger partial charge in [-0.2, -0.15) is 13.2 Å². The number of benzene rings is 1. The summed E-state index contributed by atoms with van der Waals surface area (Å²) in [6, 6.07) is 9.30. The van der Waals surface area contributed by atoms with Gasteiger partial charge in [-0.05, 0) is 5.56 Å². The fourth-order valence-corrected chi connectivity index (χ4v) is 2.43. The molecule has 8 heteroatoms. The van der Waals surface area contributed by atoms with Crippen LogP contribution in [0.5, 0.6) is 0 Å². The largest absolute Gasteiger partial charge is 0.411 e. The molecule has 2 rings (SSSR count). The van der Waals surface area contributed by atoms with E-state index < -0.39 is 25.3 Å². The van der Waals surface area contributed by atoms with Crippen molar-refractivity contribution in [3.63, 3.8) is 0 Å². The molecule has 1 aliphatic heterocycles. The van der Waals surface area contributed by atoms with Gasteiger partial charge in [0.05, 0.1) is 0 Å². The number of rotatable bonds is 4. The van der Waals surface area contributed by atoms with Crippen LogP contribution in [0.4, 0.5) is 13.2 Å². The van der Waals surface area contributed by atoms with E-state index in [0.29, 0.717) is 13.1 Å². The van der Waals surface area contributed by atoms with E-state index >= 15 is 0 Å². The molecule has 4 nitrogen and oxygen atoms in total. The number of halogens is 4. The maximum Gasteiger partial charge on any atom is 0.411 e. The lowest BCUT2D eigenvalue weighted by atomic mass is 9.95. The number of carbonyl (C=O) groups is 1. The quantitative estimate of drug-likeness (QED) is 0.913. The summed E-state index contributed by atoms with van der Waals surface area (Å²) < 4.78 is 40.3. The van der Waals surface area contributed by atoms with Gasteiger partial charge in [-0.25, -0.2) is 0 Å². The summed E-state index contributed by atoms with van der Waals surface area (Å²) in [5, 5.41) is 0. The Morgan fingerprint density at radius 3 is 2.50 bits per heavy atom. The second kappa shape index (κ2) is 7.80. The van der Waals surface area contributed by atoms with Crippen LogP contribution in [0.15, 0.2) is 30.3 Å². The molecule has 0 bridgehead atoms. The topological polar surface area (TPSA) is 55.6 Å². The Hall–Kier alpha value is -1.31. The maximum absolute atomic E-state index is 12.0. The molecule has 1 aromatic rings. The zero-order valence-electron chi connectivity index (χ0n) is 11.8. The fraction of sp³-hybridized carbons (Fsp3) is 0.500. The first-order valence-electron chi connectivity index (χ1n) is 6.59. The van der Waals surface area contributed by atoms with Gasteiger partial charge in [-0.3, -0.25) is 4.79 Å². The molecule has 0 unspecified atom stereocenters. The smallest absolute Gasteiger partial charge is 0.362 e. The van der Waals surface area contributed by atoms with Crippen LogP contribution in [-0.2, 0) is 9.53 Å². The highest BCUT2D eigenvalue weighted by atomic mass is 35.5. The van der Waals surface area contributed by atoms with Gasteiger partial charge in [-0.15, -0.1) is 12.4 Å². The molecule has 2 atom stereocenters. The van der Waals surface area contributed by atoms with Crippen LogP contribution in [0.25, 0.3) is 0 Å². The van der Waals surface area contributed by atoms with Crippen LogP contribution in [0.2, 0.25) is 0 Å². The van der Waals surface area contributed by atoms with E-state index in [-0.39, 0.29) is 24.4 Å². The van der Waals surface area contributed by atoms with E-state index in [1.165, 1.54) is 4.90 Å². The van der Waals surface area contributed by atoms with Crippen LogP contribution < -0.4 is 5.73 Å². The summed E-state index contributed by atoms with van der Waals surface area (Å²) in [6.07, 6.45) is -4.42. The highest BCUT2D eigenvalue weighted by Gasteiger charge is 2.34. The number of carbonyl (C=O) groups excluding carboxylic acids is 1. The summed E-state index contributed by atoms with van der Waals surface area (Å²) in [6.45, 7) is -1.26. The first kappa shape index (κ1) is 18.7. The highest BCUT2D eigenvalue weighted by Crippen LogP contribution is 2.26. The van der Waals surface area contributed by atoms with Crippen LogP contribution in [0.1, 0.15) is 11.5 Å². The molecule has 1 fully saturated rings. The van der Waals surface area contributed by atoms with E-state index in [9.17, 15) is 18.0 Å². The molecule has 1 heterocycles. The van der Waals surface area contributed by atoms with Crippen LogP contribution in [0.3, 0.4) is 0 Å². The van der Waals surface area contributed by atoms with Crippen molar-refractivity contribution in [3.05, 3.63) is 35.9 Å². The van der Waals surface area contributed by atoms with E-state index in [1.807, 2.05) is 30.3 Å². The van der Waals surface area contributed by atoms with Gasteiger partial charge in [0, 0.05) is 25.0 Å². The normalized spacial score (nSPS) is 21.5. The fourth-order valence-electron chi connectivity index (χ4n) is 2.43. The van der Waals surface area contributed by atoms with E-state index in [4.69, 9.17) is 5.73 Å². The molecule has 0 aliphatic carbocycles. The summed E-state index contributed by atoms with van der Waals surface area (Å²) in [5.74, 6) is -0.467. The van der Waals surface area contributed by atoms with Gasteiger partial charge >= 0.3 is 6.18 Å². The van der Waals surface area contributed by atoms with Gasteiger partial charge in [-0.1, -0.05) is 30.3 Å². The number of nitrogens with two attached hydrogens (primary N) is 1. The van der Waals surface area contributed by atoms with Crippen molar-refractivity contribution < 1.29 is 22.7 Å².